The van der Waals surface area contributed by atoms with Crippen LogP contribution in [0.5, 0.6) is 5.75 Å². The van der Waals surface area contributed by atoms with Crippen LogP contribution in [0.3, 0.4) is 0 Å². The first kappa shape index (κ1) is 42.8. The summed E-state index contributed by atoms with van der Waals surface area (Å²) in [4.78, 5) is 96.7. The van der Waals surface area contributed by atoms with Crippen molar-refractivity contribution in [2.75, 3.05) is 6.54 Å². The molecule has 0 radical (unpaired) electrons. The van der Waals surface area contributed by atoms with Crippen LogP contribution in [0, 0.1) is 11.8 Å². The van der Waals surface area contributed by atoms with Gasteiger partial charge in [-0.3, -0.25) is 38.5 Å². The van der Waals surface area contributed by atoms with Gasteiger partial charge < -0.3 is 41.9 Å². The van der Waals surface area contributed by atoms with E-state index in [0.29, 0.717) is 18.4 Å². The summed E-state index contributed by atoms with van der Waals surface area (Å²) in [5, 5.41) is 43.7. The maximum atomic E-state index is 14.2. The lowest BCUT2D eigenvalue weighted by Gasteiger charge is -2.38. The van der Waals surface area contributed by atoms with Gasteiger partial charge >= 0.3 is 5.97 Å². The molecule has 0 bridgehead atoms. The average Bonchev–Trinajstić information content (AvgIpc) is 3.50. The predicted octanol–water partition coefficient (Wildman–Crippen LogP) is 0.132. The summed E-state index contributed by atoms with van der Waals surface area (Å²) in [6, 6.07) is -0.945. The molecule has 8 N–H and O–H groups in total. The van der Waals surface area contributed by atoms with Crippen LogP contribution in [0.4, 0.5) is 0 Å². The van der Waals surface area contributed by atoms with E-state index in [0.717, 1.165) is 0 Å². The number of aliphatic hydroxyl groups excluding tert-OH is 1. The monoisotopic (exact) mass is 744 g/mol. The van der Waals surface area contributed by atoms with Crippen LogP contribution >= 0.6 is 0 Å². The number of rotatable bonds is 8. The number of phenols is 1. The molecule has 0 aliphatic carbocycles. The third-order valence-electron chi connectivity index (χ3n) is 9.29. The van der Waals surface area contributed by atoms with Gasteiger partial charge in [0.2, 0.25) is 29.5 Å². The highest BCUT2D eigenvalue weighted by molar-refractivity contribution is 5.97. The van der Waals surface area contributed by atoms with Crippen molar-refractivity contribution in [3.05, 3.63) is 29.8 Å². The van der Waals surface area contributed by atoms with Gasteiger partial charge in [0.15, 0.2) is 5.78 Å². The summed E-state index contributed by atoms with van der Waals surface area (Å²) in [5.74, 6) is -7.22. The predicted molar refractivity (Wildman–Crippen MR) is 193 cm³/mol. The highest BCUT2D eigenvalue weighted by atomic mass is 16.4. The number of nitrogens with zero attached hydrogens (tertiary/aromatic N) is 1. The van der Waals surface area contributed by atoms with Gasteiger partial charge in [-0.15, -0.1) is 0 Å². The van der Waals surface area contributed by atoms with Crippen molar-refractivity contribution in [3.63, 3.8) is 0 Å². The van der Waals surface area contributed by atoms with Crippen LogP contribution in [0.25, 0.3) is 0 Å². The summed E-state index contributed by atoms with van der Waals surface area (Å²) in [5.41, 5.74) is -0.110. The van der Waals surface area contributed by atoms with Gasteiger partial charge in [-0.25, -0.2) is 0 Å². The van der Waals surface area contributed by atoms with Gasteiger partial charge in [0, 0.05) is 18.4 Å². The number of carboxylic acids is 1. The van der Waals surface area contributed by atoms with Crippen LogP contribution in [0.1, 0.15) is 86.1 Å². The number of aliphatic hydroxyl groups is 1. The lowest BCUT2D eigenvalue weighted by Crippen LogP contribution is -2.65. The number of hydrogen-bond donors (Lipinski definition) is 8. The van der Waals surface area contributed by atoms with Crippen molar-refractivity contribution in [2.45, 2.75) is 135 Å². The first-order valence-corrected chi connectivity index (χ1v) is 18.2. The standard InChI is InChI=1S/C37H56N6O10/c1-19(2)15-25-28(46)17-23(18-29(47)48)32(49)41-30(21(4)44)35(52)38-20(3)31(36(53)42-37(5,6)7)43-14-8-9-27(43)34(51)40-26(33(50)39-25)16-22-10-12-24(45)13-11-22/h10-13,19-21,23,25-27,30-31,44-45H,8-9,14-18H2,1-7H3,(H,38,52)(H,39,50)(H,40,51)(H,41,49)(H,42,53)(H,47,48)/t20-,21-,23+,25+,26+,27+,30+,31-/m1/s1. The topological polar surface area (TPSA) is 244 Å². The third-order valence-corrected chi connectivity index (χ3v) is 9.29. The molecule has 2 aliphatic heterocycles. The van der Waals surface area contributed by atoms with E-state index in [-0.39, 0.29) is 31.1 Å². The fourth-order valence-corrected chi connectivity index (χ4v) is 6.79. The molecule has 0 unspecified atom stereocenters. The van der Waals surface area contributed by atoms with Crippen molar-refractivity contribution in [1.29, 1.82) is 0 Å². The minimum Gasteiger partial charge on any atom is -0.508 e. The number of phenolic OH excluding ortho intramolecular Hbond substituents is 1. The molecule has 0 saturated carbocycles. The van der Waals surface area contributed by atoms with E-state index in [1.165, 1.54) is 19.1 Å². The summed E-state index contributed by atoms with van der Waals surface area (Å²) >= 11 is 0. The molecule has 5 amide bonds. The Morgan fingerprint density at radius 1 is 0.906 bits per heavy atom. The third kappa shape index (κ3) is 12.5. The zero-order valence-electron chi connectivity index (χ0n) is 31.6. The Morgan fingerprint density at radius 2 is 1.53 bits per heavy atom. The van der Waals surface area contributed by atoms with Crippen LogP contribution in [0.2, 0.25) is 0 Å². The van der Waals surface area contributed by atoms with E-state index >= 15 is 0 Å². The zero-order chi connectivity index (χ0) is 39.8. The summed E-state index contributed by atoms with van der Waals surface area (Å²) in [7, 11) is 0. The fraction of sp³-hybridized carbons (Fsp3) is 0.649. The molecule has 2 aliphatic rings. The lowest BCUT2D eigenvalue weighted by atomic mass is 9.90. The summed E-state index contributed by atoms with van der Waals surface area (Å²) < 4.78 is 0. The van der Waals surface area contributed by atoms with Crippen LogP contribution < -0.4 is 26.6 Å². The van der Waals surface area contributed by atoms with Gasteiger partial charge in [0.05, 0.1) is 36.6 Å². The van der Waals surface area contributed by atoms with E-state index in [2.05, 4.69) is 26.6 Å². The molecule has 16 nitrogen and oxygen atoms in total. The highest BCUT2D eigenvalue weighted by Crippen LogP contribution is 2.24. The van der Waals surface area contributed by atoms with Crippen LogP contribution in [0.15, 0.2) is 24.3 Å². The number of hydrogen-bond acceptors (Lipinski definition) is 10. The number of Topliss-reactive ketones (excluding diaryl/α,β-unsaturated/α-hetero) is 1. The van der Waals surface area contributed by atoms with E-state index < -0.39 is 108 Å². The molecule has 0 aromatic heterocycles. The molecular weight excluding hydrogens is 688 g/mol. The maximum absolute atomic E-state index is 14.2. The number of nitrogens with one attached hydrogen (secondary N) is 5. The van der Waals surface area contributed by atoms with Crippen LogP contribution in [-0.2, 0) is 40.0 Å². The minimum atomic E-state index is -1.59. The van der Waals surface area contributed by atoms with Crippen molar-refractivity contribution < 1.29 is 48.9 Å². The Balaban J connectivity index is 2.16. The summed E-state index contributed by atoms with van der Waals surface area (Å²) in [6.45, 7) is 12.1. The van der Waals surface area contributed by atoms with E-state index in [1.54, 1.807) is 44.7 Å². The number of carboxylic acid groups (broad SMARTS) is 1. The Bertz CT molecular complexity index is 1510. The minimum absolute atomic E-state index is 0.00311. The molecule has 2 heterocycles. The van der Waals surface area contributed by atoms with E-state index in [9.17, 15) is 48.9 Å². The van der Waals surface area contributed by atoms with E-state index in [4.69, 9.17) is 0 Å². The maximum Gasteiger partial charge on any atom is 0.304 e. The number of carbonyl (C=O) groups excluding carboxylic acids is 6. The summed E-state index contributed by atoms with van der Waals surface area (Å²) in [6.07, 6.45) is -1.93. The lowest BCUT2D eigenvalue weighted by molar-refractivity contribution is -0.143. The molecule has 8 atom stereocenters. The molecule has 53 heavy (non-hydrogen) atoms. The van der Waals surface area contributed by atoms with Gasteiger partial charge in [-0.05, 0) is 84.0 Å². The van der Waals surface area contributed by atoms with E-state index in [1.807, 2.05) is 13.8 Å². The smallest absolute Gasteiger partial charge is 0.304 e. The fourth-order valence-electron chi connectivity index (χ4n) is 6.79. The zero-order valence-corrected chi connectivity index (χ0v) is 31.6. The Morgan fingerprint density at radius 3 is 2.09 bits per heavy atom. The number of ketones is 1. The SMILES string of the molecule is CC(C)C[C@@H]1NC(=O)[C@H](Cc2ccc(O)cc2)NC(=O)[C@@H]2CCCN2[C@@H](C(=O)NC(C)(C)C)[C@@H](C)NC(=O)[C@H]([C@@H](C)O)NC(=O)[C@H](CC(=O)O)CC1=O. The Labute approximate surface area is 310 Å². The molecule has 0 spiro atoms. The molecule has 2 saturated heterocycles. The van der Waals surface area contributed by atoms with Crippen LogP contribution in [-0.4, -0.2) is 116 Å². The van der Waals surface area contributed by atoms with Crippen molar-refractivity contribution in [3.8, 4) is 5.75 Å². The molecular formula is C37H56N6O10. The Kier molecular flexibility index (Phi) is 14.9. The number of benzene rings is 1. The molecule has 2 fully saturated rings. The van der Waals surface area contributed by atoms with Crippen molar-refractivity contribution in [2.24, 2.45) is 11.8 Å². The van der Waals surface area contributed by atoms with Gasteiger partial charge in [-0.1, -0.05) is 26.0 Å². The Hall–Kier alpha value is -4.57. The quantitative estimate of drug-likeness (QED) is 0.178. The first-order chi connectivity index (χ1) is 24.7. The molecule has 3 rings (SSSR count). The highest BCUT2D eigenvalue weighted by Gasteiger charge is 2.44. The first-order valence-electron chi connectivity index (χ1n) is 18.2. The number of carbonyl (C=O) groups is 7. The number of aliphatic carboxylic acids is 1. The second-order valence-electron chi connectivity index (χ2n) is 15.7. The van der Waals surface area contributed by atoms with Gasteiger partial charge in [0.25, 0.3) is 0 Å². The van der Waals surface area contributed by atoms with Crippen molar-refractivity contribution >= 4 is 41.3 Å². The second-order valence-corrected chi connectivity index (χ2v) is 15.7. The number of aromatic hydroxyl groups is 1. The second kappa shape index (κ2) is 18.5. The van der Waals surface area contributed by atoms with Gasteiger partial charge in [-0.2, -0.15) is 0 Å². The molecule has 1 aromatic carbocycles. The normalized spacial score (nSPS) is 27.7. The number of fused-ring (bicyclic) bond motifs is 1. The largest absolute Gasteiger partial charge is 0.508 e. The van der Waals surface area contributed by atoms with Crippen molar-refractivity contribution in [1.82, 2.24) is 31.5 Å². The number of amides is 5. The van der Waals surface area contributed by atoms with Gasteiger partial charge in [0.1, 0.15) is 23.9 Å². The molecule has 294 valence electrons. The molecule has 16 heteroatoms. The molecule has 1 aromatic rings. The average molecular weight is 745 g/mol.